The van der Waals surface area contributed by atoms with E-state index in [-0.39, 0.29) is 5.92 Å². The van der Waals surface area contributed by atoms with Crippen LogP contribution in [0, 0.1) is 5.92 Å². The number of aromatic nitrogens is 1. The normalized spacial score (nSPS) is 11.7. The zero-order chi connectivity index (χ0) is 13.9. The molecule has 0 aliphatic carbocycles. The van der Waals surface area contributed by atoms with Gasteiger partial charge in [-0.05, 0) is 24.0 Å². The Kier molecular flexibility index (Phi) is 4.32. The van der Waals surface area contributed by atoms with Gasteiger partial charge in [-0.25, -0.2) is 4.79 Å². The molecular weight excluding hydrogens is 247 g/mol. The molecule has 0 saturated heterocycles. The van der Waals surface area contributed by atoms with Crippen molar-refractivity contribution in [2.24, 2.45) is 5.92 Å². The van der Waals surface area contributed by atoms with Gasteiger partial charge in [-0.1, -0.05) is 13.8 Å². The third kappa shape index (κ3) is 3.21. The maximum Gasteiger partial charge on any atom is 0.434 e. The Morgan fingerprint density at radius 1 is 1.44 bits per heavy atom. The Hall–Kier alpha value is -1.59. The number of hydrogen-bond acceptors (Lipinski definition) is 3. The van der Waals surface area contributed by atoms with E-state index in [9.17, 15) is 18.0 Å². The number of nitrogens with zero attached hydrogens (tertiary/aromatic N) is 1. The molecule has 0 aliphatic rings. The molecule has 1 aromatic heterocycles. The average Bonchev–Trinajstić information content (AvgIpc) is 2.25. The molecule has 3 nitrogen and oxygen atoms in total. The summed E-state index contributed by atoms with van der Waals surface area (Å²) in [6.07, 6.45) is -3.25. The van der Waals surface area contributed by atoms with Gasteiger partial charge >= 0.3 is 12.1 Å². The predicted octanol–water partition coefficient (Wildman–Crippen LogP) is 3.09. The van der Waals surface area contributed by atoms with Crippen molar-refractivity contribution in [1.29, 1.82) is 0 Å². The SMILES string of the molecule is COC(=O)c1c(CC(C)C)ccnc1C(F)(F)F. The Labute approximate surface area is 103 Å². The topological polar surface area (TPSA) is 39.2 Å². The second kappa shape index (κ2) is 5.37. The van der Waals surface area contributed by atoms with Crippen molar-refractivity contribution >= 4 is 5.97 Å². The Morgan fingerprint density at radius 2 is 2.06 bits per heavy atom. The van der Waals surface area contributed by atoms with Gasteiger partial charge in [-0.3, -0.25) is 4.98 Å². The molecule has 0 amide bonds. The summed E-state index contributed by atoms with van der Waals surface area (Å²) in [6, 6.07) is 1.42. The van der Waals surface area contributed by atoms with Crippen LogP contribution < -0.4 is 0 Å². The number of halogens is 3. The van der Waals surface area contributed by atoms with Gasteiger partial charge in [0.1, 0.15) is 0 Å². The van der Waals surface area contributed by atoms with Crippen LogP contribution in [0.15, 0.2) is 12.3 Å². The summed E-state index contributed by atoms with van der Waals surface area (Å²) in [5.74, 6) is -0.886. The van der Waals surface area contributed by atoms with Crippen molar-refractivity contribution in [2.75, 3.05) is 7.11 Å². The number of carbonyl (C=O) groups is 1. The minimum atomic E-state index is -4.67. The number of alkyl halides is 3. The lowest BCUT2D eigenvalue weighted by Gasteiger charge is -2.15. The highest BCUT2D eigenvalue weighted by Crippen LogP contribution is 2.32. The third-order valence-electron chi connectivity index (χ3n) is 2.32. The molecule has 1 rings (SSSR count). The summed E-state index contributed by atoms with van der Waals surface area (Å²) in [5, 5.41) is 0. The molecule has 0 aliphatic heterocycles. The van der Waals surface area contributed by atoms with E-state index in [1.807, 2.05) is 13.8 Å². The Morgan fingerprint density at radius 3 is 2.50 bits per heavy atom. The quantitative estimate of drug-likeness (QED) is 0.785. The molecule has 0 saturated carbocycles. The fourth-order valence-corrected chi connectivity index (χ4v) is 1.66. The zero-order valence-corrected chi connectivity index (χ0v) is 10.3. The minimum absolute atomic E-state index is 0.122. The van der Waals surface area contributed by atoms with Crippen molar-refractivity contribution < 1.29 is 22.7 Å². The number of ether oxygens (including phenoxy) is 1. The van der Waals surface area contributed by atoms with Gasteiger partial charge in [0.25, 0.3) is 0 Å². The average molecular weight is 261 g/mol. The van der Waals surface area contributed by atoms with E-state index < -0.39 is 23.4 Å². The lowest BCUT2D eigenvalue weighted by atomic mass is 9.97. The number of hydrogen-bond donors (Lipinski definition) is 0. The summed E-state index contributed by atoms with van der Waals surface area (Å²) >= 11 is 0. The molecule has 0 N–H and O–H groups in total. The molecule has 0 spiro atoms. The van der Waals surface area contributed by atoms with Crippen molar-refractivity contribution in [1.82, 2.24) is 4.98 Å². The van der Waals surface area contributed by atoms with Gasteiger partial charge in [0.15, 0.2) is 5.69 Å². The van der Waals surface area contributed by atoms with Crippen LogP contribution in [-0.2, 0) is 17.3 Å². The predicted molar refractivity (Wildman–Crippen MR) is 59.1 cm³/mol. The van der Waals surface area contributed by atoms with Crippen molar-refractivity contribution in [3.8, 4) is 0 Å². The molecule has 6 heteroatoms. The first-order valence-electron chi connectivity index (χ1n) is 5.40. The largest absolute Gasteiger partial charge is 0.465 e. The molecule has 1 heterocycles. The van der Waals surface area contributed by atoms with Crippen molar-refractivity contribution in [2.45, 2.75) is 26.4 Å². The standard InChI is InChI=1S/C12H14F3NO2/c1-7(2)6-8-4-5-16-10(12(13,14)15)9(8)11(17)18-3/h4-5,7H,6H2,1-3H3. The molecule has 0 atom stereocenters. The maximum absolute atomic E-state index is 12.8. The lowest BCUT2D eigenvalue weighted by Crippen LogP contribution is -2.19. The van der Waals surface area contributed by atoms with E-state index in [2.05, 4.69) is 9.72 Å². The van der Waals surface area contributed by atoms with Gasteiger partial charge in [-0.2, -0.15) is 13.2 Å². The van der Waals surface area contributed by atoms with Crippen LogP contribution in [0.5, 0.6) is 0 Å². The highest BCUT2D eigenvalue weighted by Gasteiger charge is 2.38. The lowest BCUT2D eigenvalue weighted by molar-refractivity contribution is -0.141. The number of esters is 1. The van der Waals surface area contributed by atoms with Crippen LogP contribution in [-0.4, -0.2) is 18.1 Å². The van der Waals surface area contributed by atoms with Crippen molar-refractivity contribution in [3.05, 3.63) is 29.1 Å². The monoisotopic (exact) mass is 261 g/mol. The van der Waals surface area contributed by atoms with Gasteiger partial charge in [0.2, 0.25) is 0 Å². The molecule has 0 aromatic carbocycles. The molecular formula is C12H14F3NO2. The molecule has 0 radical (unpaired) electrons. The molecule has 0 fully saturated rings. The number of pyridine rings is 1. The van der Waals surface area contributed by atoms with Crippen LogP contribution in [0.2, 0.25) is 0 Å². The van der Waals surface area contributed by atoms with Gasteiger partial charge in [-0.15, -0.1) is 0 Å². The summed E-state index contributed by atoms with van der Waals surface area (Å²) in [6.45, 7) is 3.71. The second-order valence-corrected chi connectivity index (χ2v) is 4.28. The molecule has 0 bridgehead atoms. The smallest absolute Gasteiger partial charge is 0.434 e. The van der Waals surface area contributed by atoms with Crippen LogP contribution in [0.4, 0.5) is 13.2 Å². The van der Waals surface area contributed by atoms with E-state index in [1.165, 1.54) is 6.07 Å². The van der Waals surface area contributed by atoms with Crippen molar-refractivity contribution in [3.63, 3.8) is 0 Å². The van der Waals surface area contributed by atoms with Crippen LogP contribution in [0.1, 0.15) is 35.5 Å². The Bertz CT molecular complexity index is 441. The highest BCUT2D eigenvalue weighted by molar-refractivity contribution is 5.92. The first-order valence-corrected chi connectivity index (χ1v) is 5.40. The number of carbonyl (C=O) groups excluding carboxylic acids is 1. The van der Waals surface area contributed by atoms with E-state index in [0.717, 1.165) is 13.3 Å². The number of rotatable bonds is 3. The second-order valence-electron chi connectivity index (χ2n) is 4.28. The summed E-state index contributed by atoms with van der Waals surface area (Å²) in [7, 11) is 1.05. The molecule has 1 aromatic rings. The summed E-state index contributed by atoms with van der Waals surface area (Å²) in [4.78, 5) is 14.8. The van der Waals surface area contributed by atoms with E-state index in [4.69, 9.17) is 0 Å². The molecule has 100 valence electrons. The van der Waals surface area contributed by atoms with Crippen LogP contribution in [0.3, 0.4) is 0 Å². The first kappa shape index (κ1) is 14.5. The summed E-state index contributed by atoms with van der Waals surface area (Å²) < 4.78 is 42.8. The first-order chi connectivity index (χ1) is 8.27. The summed E-state index contributed by atoms with van der Waals surface area (Å²) in [5.41, 5.74) is -1.37. The maximum atomic E-state index is 12.8. The zero-order valence-electron chi connectivity index (χ0n) is 10.3. The molecule has 0 unspecified atom stereocenters. The van der Waals surface area contributed by atoms with Gasteiger partial charge < -0.3 is 4.74 Å². The van der Waals surface area contributed by atoms with Crippen LogP contribution in [0.25, 0.3) is 0 Å². The fourth-order valence-electron chi connectivity index (χ4n) is 1.66. The van der Waals surface area contributed by atoms with Crippen LogP contribution >= 0.6 is 0 Å². The highest BCUT2D eigenvalue weighted by atomic mass is 19.4. The minimum Gasteiger partial charge on any atom is -0.465 e. The van der Waals surface area contributed by atoms with E-state index >= 15 is 0 Å². The molecule has 18 heavy (non-hydrogen) atoms. The van der Waals surface area contributed by atoms with Gasteiger partial charge in [0, 0.05) is 6.20 Å². The fraction of sp³-hybridized carbons (Fsp3) is 0.500. The van der Waals surface area contributed by atoms with Gasteiger partial charge in [0.05, 0.1) is 12.7 Å². The van der Waals surface area contributed by atoms with E-state index in [1.54, 1.807) is 0 Å². The Balaban J connectivity index is 3.40. The third-order valence-corrected chi connectivity index (χ3v) is 2.32. The van der Waals surface area contributed by atoms with E-state index in [0.29, 0.717) is 12.0 Å². The number of methoxy groups -OCH3 is 1.